The van der Waals surface area contributed by atoms with Crippen LogP contribution in [0.1, 0.15) is 74.0 Å². The summed E-state index contributed by atoms with van der Waals surface area (Å²) in [6.45, 7) is 5.10. The van der Waals surface area contributed by atoms with Gasteiger partial charge in [0.15, 0.2) is 0 Å². The lowest BCUT2D eigenvalue weighted by molar-refractivity contribution is -0.199. The first-order chi connectivity index (χ1) is 20.6. The third-order valence-corrected chi connectivity index (χ3v) is 8.12. The minimum atomic E-state index is -5.15. The molecule has 2 aliphatic rings. The highest BCUT2D eigenvalue weighted by atomic mass is 19.4. The van der Waals surface area contributed by atoms with Crippen molar-refractivity contribution in [2.24, 2.45) is 5.41 Å². The molecule has 0 spiro atoms. The Morgan fingerprint density at radius 1 is 0.978 bits per heavy atom. The molecule has 246 valence electrons. The van der Waals surface area contributed by atoms with E-state index in [-0.39, 0.29) is 40.0 Å². The standard InChI is InChI=1S/C31H29F10NO3/c1-15(2)22-11-23(25(44-5)12-24(22)32)21-6-7-28(4,31(39,40)41)13-18(21)14-42-16(3)26(45-27(42)43)17-8-19(29(33,34)35)10-20(9-17)30(36,37)38/h6,8-13,15-16,26H,7,14H2,1-5H3. The number of allylic oxidation sites excluding steroid dienone is 2. The second-order valence-corrected chi connectivity index (χ2v) is 11.6. The van der Waals surface area contributed by atoms with Gasteiger partial charge in [-0.3, -0.25) is 4.90 Å². The highest BCUT2D eigenvalue weighted by Gasteiger charge is 2.51. The van der Waals surface area contributed by atoms with Crippen LogP contribution >= 0.6 is 0 Å². The van der Waals surface area contributed by atoms with E-state index in [9.17, 15) is 48.7 Å². The number of rotatable bonds is 6. The van der Waals surface area contributed by atoms with E-state index in [2.05, 4.69) is 0 Å². The summed E-state index contributed by atoms with van der Waals surface area (Å²) < 4.78 is 149. The largest absolute Gasteiger partial charge is 0.496 e. The van der Waals surface area contributed by atoms with Crippen LogP contribution in [0.2, 0.25) is 0 Å². The summed E-state index contributed by atoms with van der Waals surface area (Å²) in [4.78, 5) is 14.0. The zero-order chi connectivity index (χ0) is 33.9. The molecular formula is C31H29F10NO3. The summed E-state index contributed by atoms with van der Waals surface area (Å²) >= 11 is 0. The van der Waals surface area contributed by atoms with E-state index < -0.39 is 77.7 Å². The van der Waals surface area contributed by atoms with Crippen molar-refractivity contribution in [3.63, 3.8) is 0 Å². The minimum Gasteiger partial charge on any atom is -0.496 e. The number of halogens is 10. The van der Waals surface area contributed by atoms with Crippen LogP contribution in [0.3, 0.4) is 0 Å². The van der Waals surface area contributed by atoms with E-state index in [4.69, 9.17) is 9.47 Å². The van der Waals surface area contributed by atoms with Gasteiger partial charge in [-0.1, -0.05) is 26.0 Å². The quantitative estimate of drug-likeness (QED) is 0.292. The summed E-state index contributed by atoms with van der Waals surface area (Å²) in [5.74, 6) is -0.926. The van der Waals surface area contributed by atoms with Crippen LogP contribution in [0.5, 0.6) is 5.75 Å². The molecular weight excluding hydrogens is 624 g/mol. The van der Waals surface area contributed by atoms with Crippen molar-refractivity contribution in [3.05, 3.63) is 81.7 Å². The summed E-state index contributed by atoms with van der Waals surface area (Å²) in [5, 5.41) is 0. The first kappa shape index (κ1) is 34.2. The lowest BCUT2D eigenvalue weighted by Crippen LogP contribution is -2.38. The number of carbonyl (C=O) groups excluding carboxylic acids is 1. The smallest absolute Gasteiger partial charge is 0.416 e. The van der Waals surface area contributed by atoms with E-state index in [1.165, 1.54) is 26.2 Å². The van der Waals surface area contributed by atoms with E-state index in [1.807, 2.05) is 0 Å². The molecule has 14 heteroatoms. The van der Waals surface area contributed by atoms with Crippen LogP contribution in [-0.4, -0.2) is 36.9 Å². The first-order valence-corrected chi connectivity index (χ1v) is 13.7. The van der Waals surface area contributed by atoms with Gasteiger partial charge in [-0.05, 0) is 72.7 Å². The Bertz CT molecular complexity index is 1510. The number of amides is 1. The van der Waals surface area contributed by atoms with Crippen molar-refractivity contribution in [1.29, 1.82) is 0 Å². The Morgan fingerprint density at radius 3 is 2.04 bits per heavy atom. The molecule has 1 amide bonds. The fourth-order valence-electron chi connectivity index (χ4n) is 5.46. The number of cyclic esters (lactones) is 1. The third-order valence-electron chi connectivity index (χ3n) is 8.12. The SMILES string of the molecule is COc1cc(F)c(C(C)C)cc1C1=CCC(C)(C(F)(F)F)C=C1CN1C(=O)OC(c2cc(C(F)(F)F)cc(C(F)(F)F)c2)C1C. The maximum absolute atomic E-state index is 14.8. The molecule has 3 unspecified atom stereocenters. The van der Waals surface area contributed by atoms with Crippen LogP contribution in [0.4, 0.5) is 48.7 Å². The zero-order valence-electron chi connectivity index (χ0n) is 24.6. The number of hydrogen-bond acceptors (Lipinski definition) is 3. The van der Waals surface area contributed by atoms with Crippen LogP contribution in [-0.2, 0) is 17.1 Å². The van der Waals surface area contributed by atoms with Crippen LogP contribution in [0.15, 0.2) is 48.1 Å². The molecule has 4 rings (SSSR count). The molecule has 4 nitrogen and oxygen atoms in total. The number of ether oxygens (including phenoxy) is 2. The maximum atomic E-state index is 14.8. The second-order valence-electron chi connectivity index (χ2n) is 11.6. The number of alkyl halides is 9. The molecule has 0 saturated carbocycles. The molecule has 1 aliphatic carbocycles. The Kier molecular flexibility index (Phi) is 8.79. The van der Waals surface area contributed by atoms with E-state index in [1.54, 1.807) is 13.8 Å². The average molecular weight is 654 g/mol. The Morgan fingerprint density at radius 2 is 1.56 bits per heavy atom. The predicted molar refractivity (Wildman–Crippen MR) is 144 cm³/mol. The van der Waals surface area contributed by atoms with Crippen LogP contribution in [0, 0.1) is 11.2 Å². The molecule has 1 aliphatic heterocycles. The van der Waals surface area contributed by atoms with Gasteiger partial charge < -0.3 is 9.47 Å². The summed E-state index contributed by atoms with van der Waals surface area (Å²) in [7, 11) is 1.24. The number of benzene rings is 2. The molecule has 1 fully saturated rings. The topological polar surface area (TPSA) is 38.8 Å². The highest BCUT2D eigenvalue weighted by molar-refractivity contribution is 5.85. The van der Waals surface area contributed by atoms with E-state index in [0.717, 1.165) is 24.0 Å². The molecule has 1 heterocycles. The van der Waals surface area contributed by atoms with Gasteiger partial charge in [0, 0.05) is 18.2 Å². The minimum absolute atomic E-state index is 0.00299. The summed E-state index contributed by atoms with van der Waals surface area (Å²) in [6.07, 6.45) is -16.1. The molecule has 45 heavy (non-hydrogen) atoms. The summed E-state index contributed by atoms with van der Waals surface area (Å²) in [5.41, 5.74) is -5.58. The van der Waals surface area contributed by atoms with Gasteiger partial charge in [0.2, 0.25) is 0 Å². The summed E-state index contributed by atoms with van der Waals surface area (Å²) in [6, 6.07) is 2.14. The highest BCUT2D eigenvalue weighted by Crippen LogP contribution is 2.50. The Labute approximate surface area is 252 Å². The van der Waals surface area contributed by atoms with Crippen molar-refractivity contribution in [1.82, 2.24) is 4.90 Å². The lowest BCUT2D eigenvalue weighted by Gasteiger charge is -2.35. The van der Waals surface area contributed by atoms with Crippen molar-refractivity contribution in [3.8, 4) is 5.75 Å². The third kappa shape index (κ3) is 6.64. The average Bonchev–Trinajstić information content (AvgIpc) is 3.19. The maximum Gasteiger partial charge on any atom is 0.416 e. The molecule has 2 aromatic carbocycles. The van der Waals surface area contributed by atoms with E-state index >= 15 is 0 Å². The zero-order valence-corrected chi connectivity index (χ0v) is 24.6. The van der Waals surface area contributed by atoms with Gasteiger partial charge in [0.05, 0.1) is 29.7 Å². The van der Waals surface area contributed by atoms with Gasteiger partial charge in [-0.2, -0.15) is 39.5 Å². The van der Waals surface area contributed by atoms with E-state index in [0.29, 0.717) is 12.1 Å². The molecule has 0 bridgehead atoms. The fraction of sp³-hybridized carbons (Fsp3) is 0.452. The monoisotopic (exact) mass is 653 g/mol. The lowest BCUT2D eigenvalue weighted by atomic mass is 9.76. The van der Waals surface area contributed by atoms with Gasteiger partial charge in [-0.25, -0.2) is 9.18 Å². The van der Waals surface area contributed by atoms with Crippen molar-refractivity contribution in [2.45, 2.75) is 70.7 Å². The van der Waals surface area contributed by atoms with Gasteiger partial charge in [-0.15, -0.1) is 0 Å². The molecule has 0 radical (unpaired) electrons. The number of carbonyl (C=O) groups is 1. The van der Waals surface area contributed by atoms with Gasteiger partial charge in [0.25, 0.3) is 0 Å². The molecule has 0 N–H and O–H groups in total. The second kappa shape index (κ2) is 11.6. The molecule has 2 aromatic rings. The molecule has 3 atom stereocenters. The predicted octanol–water partition coefficient (Wildman–Crippen LogP) is 9.86. The number of hydrogen-bond donors (Lipinski definition) is 0. The van der Waals surface area contributed by atoms with Crippen molar-refractivity contribution >= 4 is 11.7 Å². The van der Waals surface area contributed by atoms with Crippen molar-refractivity contribution < 1.29 is 58.2 Å². The normalized spacial score (nSPS) is 22.8. The fourth-order valence-corrected chi connectivity index (χ4v) is 5.46. The Hall–Kier alpha value is -3.71. The number of methoxy groups -OCH3 is 1. The molecule has 0 aromatic heterocycles. The Balaban J connectivity index is 1.79. The first-order valence-electron chi connectivity index (χ1n) is 13.7. The molecule has 1 saturated heterocycles. The van der Waals surface area contributed by atoms with Crippen molar-refractivity contribution in [2.75, 3.05) is 13.7 Å². The van der Waals surface area contributed by atoms with Gasteiger partial charge >= 0.3 is 24.6 Å². The van der Waals surface area contributed by atoms with Crippen LogP contribution in [0.25, 0.3) is 5.57 Å². The van der Waals surface area contributed by atoms with Crippen LogP contribution < -0.4 is 4.74 Å². The number of nitrogens with zero attached hydrogens (tertiary/aromatic N) is 1. The van der Waals surface area contributed by atoms with Gasteiger partial charge in [0.1, 0.15) is 17.7 Å².